The Morgan fingerprint density at radius 1 is 1.33 bits per heavy atom. The molecule has 0 aliphatic carbocycles. The van der Waals surface area contributed by atoms with E-state index < -0.39 is 0 Å². The maximum absolute atomic E-state index is 5.39. The summed E-state index contributed by atoms with van der Waals surface area (Å²) >= 11 is 0. The fourth-order valence-electron chi connectivity index (χ4n) is 2.34. The number of aromatic nitrogens is 1. The van der Waals surface area contributed by atoms with E-state index in [4.69, 9.17) is 4.52 Å². The van der Waals surface area contributed by atoms with E-state index in [1.54, 1.807) is 0 Å². The van der Waals surface area contributed by atoms with Crippen molar-refractivity contribution >= 4 is 0 Å². The van der Waals surface area contributed by atoms with Gasteiger partial charge in [-0.1, -0.05) is 25.4 Å². The van der Waals surface area contributed by atoms with E-state index in [9.17, 15) is 0 Å². The molecule has 0 saturated carbocycles. The summed E-state index contributed by atoms with van der Waals surface area (Å²) in [5.74, 6) is 1.67. The molecule has 1 aromatic heterocycles. The molecule has 2 heterocycles. The fraction of sp³-hybridized carbons (Fsp3) is 0.786. The van der Waals surface area contributed by atoms with Crippen LogP contribution in [-0.4, -0.2) is 29.7 Å². The maximum Gasteiger partial charge on any atom is 0.151 e. The van der Waals surface area contributed by atoms with Crippen LogP contribution in [0.2, 0.25) is 0 Å². The molecule has 1 aliphatic rings. The van der Waals surface area contributed by atoms with Crippen LogP contribution < -0.4 is 5.32 Å². The average Bonchev–Trinajstić information content (AvgIpc) is 2.78. The van der Waals surface area contributed by atoms with Gasteiger partial charge in [-0.05, 0) is 38.4 Å². The molecule has 0 amide bonds. The highest BCUT2D eigenvalue weighted by atomic mass is 16.5. The van der Waals surface area contributed by atoms with Crippen LogP contribution in [0.1, 0.15) is 44.6 Å². The molecule has 0 bridgehead atoms. The second-order valence-electron chi connectivity index (χ2n) is 5.65. The molecular formula is C14H25N3O. The normalized spacial score (nSPS) is 17.5. The van der Waals surface area contributed by atoms with Gasteiger partial charge in [-0.3, -0.25) is 4.90 Å². The minimum Gasteiger partial charge on any atom is -0.360 e. The number of likely N-dealkylation sites (tertiary alicyclic amines) is 1. The van der Waals surface area contributed by atoms with Crippen LogP contribution in [0, 0.1) is 5.92 Å². The van der Waals surface area contributed by atoms with Crippen molar-refractivity contribution in [2.24, 2.45) is 5.92 Å². The van der Waals surface area contributed by atoms with Crippen LogP contribution in [0.15, 0.2) is 10.6 Å². The van der Waals surface area contributed by atoms with Crippen molar-refractivity contribution in [3.63, 3.8) is 0 Å². The van der Waals surface area contributed by atoms with Crippen LogP contribution in [0.5, 0.6) is 0 Å². The summed E-state index contributed by atoms with van der Waals surface area (Å²) < 4.78 is 5.39. The maximum atomic E-state index is 5.39. The van der Waals surface area contributed by atoms with Gasteiger partial charge in [0.25, 0.3) is 0 Å². The van der Waals surface area contributed by atoms with Crippen LogP contribution in [0.4, 0.5) is 0 Å². The van der Waals surface area contributed by atoms with E-state index >= 15 is 0 Å². The largest absolute Gasteiger partial charge is 0.360 e. The minimum absolute atomic E-state index is 0.671. The molecule has 18 heavy (non-hydrogen) atoms. The lowest BCUT2D eigenvalue weighted by atomic mass is 10.1. The van der Waals surface area contributed by atoms with Crippen molar-refractivity contribution in [2.75, 3.05) is 19.6 Å². The van der Waals surface area contributed by atoms with E-state index in [1.807, 2.05) is 0 Å². The first kappa shape index (κ1) is 13.6. The van der Waals surface area contributed by atoms with Gasteiger partial charge in [-0.2, -0.15) is 0 Å². The molecule has 102 valence electrons. The Kier molecular flexibility index (Phi) is 5.20. The van der Waals surface area contributed by atoms with E-state index in [0.717, 1.165) is 31.1 Å². The molecule has 0 spiro atoms. The third kappa shape index (κ3) is 4.42. The summed E-state index contributed by atoms with van der Waals surface area (Å²) in [6, 6.07) is 2.09. The predicted molar refractivity (Wildman–Crippen MR) is 72.2 cm³/mol. The molecule has 4 heteroatoms. The Balaban J connectivity index is 1.74. The monoisotopic (exact) mass is 251 g/mol. The summed E-state index contributed by atoms with van der Waals surface area (Å²) in [6.07, 6.45) is 4.01. The molecular weight excluding hydrogens is 226 g/mol. The molecule has 0 atom stereocenters. The summed E-state index contributed by atoms with van der Waals surface area (Å²) in [7, 11) is 0. The smallest absolute Gasteiger partial charge is 0.151 e. The zero-order valence-electron chi connectivity index (χ0n) is 11.6. The number of hydrogen-bond donors (Lipinski definition) is 1. The Labute approximate surface area is 110 Å². The Hall–Kier alpha value is -0.870. The molecule has 2 rings (SSSR count). The van der Waals surface area contributed by atoms with Gasteiger partial charge in [0, 0.05) is 12.6 Å². The van der Waals surface area contributed by atoms with Crippen LogP contribution in [0.3, 0.4) is 0 Å². The lowest BCUT2D eigenvalue weighted by Gasteiger charge is -2.24. The van der Waals surface area contributed by atoms with Crippen LogP contribution in [-0.2, 0) is 13.1 Å². The van der Waals surface area contributed by atoms with Crippen molar-refractivity contribution in [1.29, 1.82) is 0 Å². The second kappa shape index (κ2) is 6.90. The van der Waals surface area contributed by atoms with Gasteiger partial charge in [0.15, 0.2) is 5.76 Å². The molecule has 4 nitrogen and oxygen atoms in total. The van der Waals surface area contributed by atoms with Crippen molar-refractivity contribution < 1.29 is 4.52 Å². The number of nitrogens with one attached hydrogen (secondary N) is 1. The highest BCUT2D eigenvalue weighted by molar-refractivity contribution is 5.05. The van der Waals surface area contributed by atoms with Crippen molar-refractivity contribution in [2.45, 2.75) is 46.2 Å². The standard InChI is InChI=1S/C14H25N3O/c1-12(2)9-15-10-13-8-14(18-16-13)11-17-6-4-3-5-7-17/h8,12,15H,3-7,9-11H2,1-2H3. The Morgan fingerprint density at radius 2 is 2.11 bits per heavy atom. The molecule has 1 fully saturated rings. The lowest BCUT2D eigenvalue weighted by molar-refractivity contribution is 0.197. The Bertz CT molecular complexity index is 343. The van der Waals surface area contributed by atoms with E-state index in [-0.39, 0.29) is 0 Å². The highest BCUT2D eigenvalue weighted by Crippen LogP contribution is 2.13. The molecule has 0 aromatic carbocycles. The zero-order valence-corrected chi connectivity index (χ0v) is 11.6. The predicted octanol–water partition coefficient (Wildman–Crippen LogP) is 2.41. The summed E-state index contributed by atoms with van der Waals surface area (Å²) in [4.78, 5) is 2.45. The fourth-order valence-corrected chi connectivity index (χ4v) is 2.34. The molecule has 1 N–H and O–H groups in total. The van der Waals surface area contributed by atoms with Crippen LogP contribution >= 0.6 is 0 Å². The minimum atomic E-state index is 0.671. The summed E-state index contributed by atoms with van der Waals surface area (Å²) in [5, 5.41) is 7.50. The SMILES string of the molecule is CC(C)CNCc1cc(CN2CCCCC2)on1. The van der Waals surface area contributed by atoms with E-state index in [2.05, 4.69) is 35.3 Å². The molecule has 1 saturated heterocycles. The zero-order chi connectivity index (χ0) is 12.8. The van der Waals surface area contributed by atoms with E-state index in [1.165, 1.54) is 32.4 Å². The van der Waals surface area contributed by atoms with Crippen LogP contribution in [0.25, 0.3) is 0 Å². The number of hydrogen-bond acceptors (Lipinski definition) is 4. The summed E-state index contributed by atoms with van der Waals surface area (Å²) in [5.41, 5.74) is 1.02. The lowest BCUT2D eigenvalue weighted by Crippen LogP contribution is -2.28. The van der Waals surface area contributed by atoms with Gasteiger partial charge in [0.05, 0.1) is 12.2 Å². The summed E-state index contributed by atoms with van der Waals surface area (Å²) in [6.45, 7) is 9.55. The quantitative estimate of drug-likeness (QED) is 0.843. The Morgan fingerprint density at radius 3 is 2.83 bits per heavy atom. The topological polar surface area (TPSA) is 41.3 Å². The second-order valence-corrected chi connectivity index (χ2v) is 5.65. The highest BCUT2D eigenvalue weighted by Gasteiger charge is 2.13. The van der Waals surface area contributed by atoms with Crippen molar-refractivity contribution in [3.8, 4) is 0 Å². The van der Waals surface area contributed by atoms with Gasteiger partial charge >= 0.3 is 0 Å². The van der Waals surface area contributed by atoms with Gasteiger partial charge in [-0.25, -0.2) is 0 Å². The first-order chi connectivity index (χ1) is 8.74. The van der Waals surface area contributed by atoms with E-state index in [0.29, 0.717) is 5.92 Å². The third-order valence-corrected chi connectivity index (χ3v) is 3.29. The van der Waals surface area contributed by atoms with Crippen molar-refractivity contribution in [3.05, 3.63) is 17.5 Å². The first-order valence-corrected chi connectivity index (χ1v) is 7.11. The van der Waals surface area contributed by atoms with Gasteiger partial charge < -0.3 is 9.84 Å². The van der Waals surface area contributed by atoms with Crippen molar-refractivity contribution in [1.82, 2.24) is 15.4 Å². The number of rotatable bonds is 6. The number of nitrogens with zero attached hydrogens (tertiary/aromatic N) is 2. The third-order valence-electron chi connectivity index (χ3n) is 3.29. The van der Waals surface area contributed by atoms with Gasteiger partial charge in [0.2, 0.25) is 0 Å². The first-order valence-electron chi connectivity index (χ1n) is 7.11. The molecule has 0 unspecified atom stereocenters. The molecule has 1 aliphatic heterocycles. The molecule has 1 aromatic rings. The average molecular weight is 251 g/mol. The molecule has 0 radical (unpaired) electrons. The van der Waals surface area contributed by atoms with Gasteiger partial charge in [-0.15, -0.1) is 0 Å². The number of piperidine rings is 1. The van der Waals surface area contributed by atoms with Gasteiger partial charge in [0.1, 0.15) is 0 Å².